The number of rotatable bonds is 5. The zero-order valence-corrected chi connectivity index (χ0v) is 15.3. The van der Waals surface area contributed by atoms with Crippen molar-refractivity contribution < 1.29 is 0 Å². The summed E-state index contributed by atoms with van der Waals surface area (Å²) in [5.74, 6) is 0.966. The van der Waals surface area contributed by atoms with Crippen LogP contribution in [0, 0.1) is 5.41 Å². The van der Waals surface area contributed by atoms with Gasteiger partial charge in [0.05, 0.1) is 0 Å². The van der Waals surface area contributed by atoms with E-state index in [0.717, 1.165) is 37.7 Å². The largest absolute Gasteiger partial charge is 0.330 e. The van der Waals surface area contributed by atoms with Crippen molar-refractivity contribution in [3.8, 4) is 0 Å². The molecule has 130 valence electrons. The zero-order valence-electron chi connectivity index (χ0n) is 14.5. The van der Waals surface area contributed by atoms with E-state index in [-0.39, 0.29) is 17.8 Å². The number of likely N-dealkylation sites (tertiary alicyclic amines) is 1. The summed E-state index contributed by atoms with van der Waals surface area (Å²) in [6, 6.07) is 14.6. The lowest BCUT2D eigenvalue weighted by Gasteiger charge is -2.23. The second kappa shape index (κ2) is 7.97. The molecular weight excluding hydrogens is 320 g/mol. The average molecular weight is 347 g/mol. The summed E-state index contributed by atoms with van der Waals surface area (Å²) in [5, 5.41) is 0. The molecule has 3 rings (SSSR count). The topological polar surface area (TPSA) is 45.4 Å². The van der Waals surface area contributed by atoms with E-state index in [9.17, 15) is 0 Å². The first-order valence-electron chi connectivity index (χ1n) is 8.26. The Kier molecular flexibility index (Phi) is 6.21. The molecule has 0 saturated carbocycles. The zero-order chi connectivity index (χ0) is 16.3. The Bertz CT molecular complexity index is 632. The Morgan fingerprint density at radius 1 is 1.21 bits per heavy atom. The maximum atomic E-state index is 5.89. The summed E-state index contributed by atoms with van der Waals surface area (Å²) in [7, 11) is 2.05. The van der Waals surface area contributed by atoms with Gasteiger partial charge in [-0.05, 0) is 48.7 Å². The third-order valence-electron chi connectivity index (χ3n) is 4.83. The maximum Gasteiger partial charge on any atom is 0.132 e. The van der Waals surface area contributed by atoms with Gasteiger partial charge in [0.25, 0.3) is 0 Å². The van der Waals surface area contributed by atoms with Crippen LogP contribution >= 0.6 is 12.4 Å². The van der Waals surface area contributed by atoms with E-state index in [2.05, 4.69) is 46.0 Å². The van der Waals surface area contributed by atoms with Crippen LogP contribution in [0.4, 0.5) is 11.5 Å². The summed E-state index contributed by atoms with van der Waals surface area (Å²) in [5.41, 5.74) is 8.57. The standard InChI is InChI=1S/C19H26N4.ClH/c1-19(14-20)10-11-23(15-19)13-16-8-9-18(21-12-16)22(2)17-6-4-3-5-7-17;/h3-9,12H,10-11,13-15,20H2,1-2H3;1H. The van der Waals surface area contributed by atoms with Gasteiger partial charge < -0.3 is 10.6 Å². The highest BCUT2D eigenvalue weighted by molar-refractivity contribution is 5.85. The van der Waals surface area contributed by atoms with Crippen LogP contribution in [0.5, 0.6) is 0 Å². The van der Waals surface area contributed by atoms with Gasteiger partial charge in [-0.25, -0.2) is 4.98 Å². The van der Waals surface area contributed by atoms with Crippen LogP contribution in [-0.4, -0.2) is 36.6 Å². The van der Waals surface area contributed by atoms with E-state index in [0.29, 0.717) is 0 Å². The van der Waals surface area contributed by atoms with Gasteiger partial charge in [-0.15, -0.1) is 12.4 Å². The van der Waals surface area contributed by atoms with Gasteiger partial charge in [0.1, 0.15) is 5.82 Å². The van der Waals surface area contributed by atoms with E-state index in [1.807, 2.05) is 31.4 Å². The fourth-order valence-corrected chi connectivity index (χ4v) is 3.18. The highest BCUT2D eigenvalue weighted by Crippen LogP contribution is 2.29. The molecule has 4 nitrogen and oxygen atoms in total. The Balaban J connectivity index is 0.00000208. The molecule has 0 amide bonds. The van der Waals surface area contributed by atoms with E-state index in [1.54, 1.807) is 0 Å². The number of hydrogen-bond acceptors (Lipinski definition) is 4. The number of hydrogen-bond donors (Lipinski definition) is 1. The molecule has 1 fully saturated rings. The molecule has 1 saturated heterocycles. The van der Waals surface area contributed by atoms with Crippen molar-refractivity contribution in [1.29, 1.82) is 0 Å². The van der Waals surface area contributed by atoms with Gasteiger partial charge in [-0.1, -0.05) is 31.2 Å². The third kappa shape index (κ3) is 4.26. The molecule has 0 bridgehead atoms. The predicted molar refractivity (Wildman–Crippen MR) is 103 cm³/mol. The van der Waals surface area contributed by atoms with Gasteiger partial charge in [0.15, 0.2) is 0 Å². The summed E-state index contributed by atoms with van der Waals surface area (Å²) in [4.78, 5) is 9.21. The SMILES string of the molecule is CN(c1ccccc1)c1ccc(CN2CCC(C)(CN)C2)cn1.Cl. The highest BCUT2D eigenvalue weighted by atomic mass is 35.5. The lowest BCUT2D eigenvalue weighted by Crippen LogP contribution is -2.31. The monoisotopic (exact) mass is 346 g/mol. The number of nitrogens with zero attached hydrogens (tertiary/aromatic N) is 3. The number of aromatic nitrogens is 1. The molecule has 2 heterocycles. The first-order valence-corrected chi connectivity index (χ1v) is 8.26. The van der Waals surface area contributed by atoms with Crippen molar-refractivity contribution >= 4 is 23.9 Å². The molecule has 1 aromatic carbocycles. The van der Waals surface area contributed by atoms with Crippen LogP contribution in [0.15, 0.2) is 48.7 Å². The summed E-state index contributed by atoms with van der Waals surface area (Å²) in [6.45, 7) is 6.21. The molecular formula is C19H27ClN4. The van der Waals surface area contributed by atoms with E-state index < -0.39 is 0 Å². The Morgan fingerprint density at radius 3 is 2.54 bits per heavy atom. The third-order valence-corrected chi connectivity index (χ3v) is 4.83. The highest BCUT2D eigenvalue weighted by Gasteiger charge is 2.32. The fourth-order valence-electron chi connectivity index (χ4n) is 3.18. The summed E-state index contributed by atoms with van der Waals surface area (Å²) in [6.07, 6.45) is 3.18. The Hall–Kier alpha value is -1.62. The molecule has 1 aliphatic heterocycles. The first kappa shape index (κ1) is 18.7. The second-order valence-corrected chi connectivity index (χ2v) is 6.89. The average Bonchev–Trinajstić information content (AvgIpc) is 2.97. The van der Waals surface area contributed by atoms with Crippen molar-refractivity contribution in [3.05, 3.63) is 54.2 Å². The molecule has 1 atom stereocenters. The normalized spacial score (nSPS) is 20.6. The second-order valence-electron chi connectivity index (χ2n) is 6.89. The molecule has 1 aliphatic rings. The minimum Gasteiger partial charge on any atom is -0.330 e. The quantitative estimate of drug-likeness (QED) is 0.900. The van der Waals surface area contributed by atoms with Crippen LogP contribution in [0.3, 0.4) is 0 Å². The van der Waals surface area contributed by atoms with Crippen LogP contribution in [0.2, 0.25) is 0 Å². The van der Waals surface area contributed by atoms with Crippen LogP contribution < -0.4 is 10.6 Å². The van der Waals surface area contributed by atoms with E-state index in [1.165, 1.54) is 12.0 Å². The molecule has 5 heteroatoms. The number of benzene rings is 1. The lowest BCUT2D eigenvalue weighted by molar-refractivity contribution is 0.274. The molecule has 0 spiro atoms. The molecule has 0 aliphatic carbocycles. The van der Waals surface area contributed by atoms with Crippen molar-refractivity contribution in [3.63, 3.8) is 0 Å². The van der Waals surface area contributed by atoms with Crippen molar-refractivity contribution in [2.45, 2.75) is 19.9 Å². The molecule has 2 N–H and O–H groups in total. The first-order chi connectivity index (χ1) is 11.1. The maximum absolute atomic E-state index is 5.89. The van der Waals surface area contributed by atoms with E-state index in [4.69, 9.17) is 5.73 Å². The van der Waals surface area contributed by atoms with Crippen LogP contribution in [-0.2, 0) is 6.54 Å². The number of para-hydroxylation sites is 1. The Labute approximate surface area is 151 Å². The summed E-state index contributed by atoms with van der Waals surface area (Å²) < 4.78 is 0. The minimum absolute atomic E-state index is 0. The van der Waals surface area contributed by atoms with Gasteiger partial charge in [0, 0.05) is 32.0 Å². The fraction of sp³-hybridized carbons (Fsp3) is 0.421. The van der Waals surface area contributed by atoms with Crippen molar-refractivity contribution in [2.75, 3.05) is 31.6 Å². The number of nitrogens with two attached hydrogens (primary N) is 1. The smallest absolute Gasteiger partial charge is 0.132 e. The van der Waals surface area contributed by atoms with Crippen molar-refractivity contribution in [2.24, 2.45) is 11.1 Å². The van der Waals surface area contributed by atoms with Crippen LogP contribution in [0.1, 0.15) is 18.9 Å². The van der Waals surface area contributed by atoms with Gasteiger partial charge >= 0.3 is 0 Å². The van der Waals surface area contributed by atoms with Crippen molar-refractivity contribution in [1.82, 2.24) is 9.88 Å². The molecule has 1 aromatic heterocycles. The predicted octanol–water partition coefficient (Wildman–Crippen LogP) is 3.44. The lowest BCUT2D eigenvalue weighted by atomic mass is 9.90. The van der Waals surface area contributed by atoms with Crippen LogP contribution in [0.25, 0.3) is 0 Å². The number of halogens is 1. The van der Waals surface area contributed by atoms with Gasteiger partial charge in [-0.2, -0.15) is 0 Å². The number of pyridine rings is 1. The van der Waals surface area contributed by atoms with E-state index >= 15 is 0 Å². The molecule has 24 heavy (non-hydrogen) atoms. The molecule has 1 unspecified atom stereocenters. The van der Waals surface area contributed by atoms with Gasteiger partial charge in [0.2, 0.25) is 0 Å². The summed E-state index contributed by atoms with van der Waals surface area (Å²) >= 11 is 0. The minimum atomic E-state index is 0. The molecule has 0 radical (unpaired) electrons. The van der Waals surface area contributed by atoms with Gasteiger partial charge in [-0.3, -0.25) is 4.90 Å². The number of anilines is 2. The molecule has 2 aromatic rings. The Morgan fingerprint density at radius 2 is 1.96 bits per heavy atom.